The first kappa shape index (κ1) is 15.4. The van der Waals surface area contributed by atoms with Crippen molar-refractivity contribution in [3.63, 3.8) is 0 Å². The lowest BCUT2D eigenvalue weighted by atomic mass is 10.1. The molecule has 0 aromatic carbocycles. The maximum atomic E-state index is 11.2. The van der Waals surface area contributed by atoms with E-state index in [1.165, 1.54) is 0 Å². The monoisotopic (exact) mass is 245 g/mol. The number of aliphatic carboxylic acids is 1. The Kier molecular flexibility index (Phi) is 7.70. The topological polar surface area (TPSA) is 122 Å². The van der Waals surface area contributed by atoms with E-state index in [4.69, 9.17) is 10.8 Å². The highest BCUT2D eigenvalue weighted by Gasteiger charge is 2.06. The van der Waals surface area contributed by atoms with Crippen LogP contribution in [0.15, 0.2) is 0 Å². The highest BCUT2D eigenvalue weighted by molar-refractivity contribution is 5.86. The maximum Gasteiger partial charge on any atom is 0.322 e. The van der Waals surface area contributed by atoms with Crippen molar-refractivity contribution in [2.45, 2.75) is 32.2 Å². The Labute approximate surface area is 99.7 Å². The van der Waals surface area contributed by atoms with Crippen LogP contribution in [0.2, 0.25) is 0 Å². The third-order valence-electron chi connectivity index (χ3n) is 1.95. The van der Waals surface area contributed by atoms with Crippen LogP contribution in [0.3, 0.4) is 0 Å². The maximum absolute atomic E-state index is 11.2. The fraction of sp³-hybridized carbons (Fsp3) is 0.700. The molecule has 0 aliphatic carbocycles. The van der Waals surface area contributed by atoms with Crippen LogP contribution >= 0.6 is 0 Å². The molecule has 0 bridgehead atoms. The zero-order valence-corrected chi connectivity index (χ0v) is 9.86. The Hall–Kier alpha value is -1.63. The molecule has 0 saturated heterocycles. The zero-order valence-electron chi connectivity index (χ0n) is 9.86. The van der Waals surface area contributed by atoms with Crippen LogP contribution in [-0.4, -0.2) is 42.0 Å². The highest BCUT2D eigenvalue weighted by atomic mass is 16.4. The van der Waals surface area contributed by atoms with Crippen molar-refractivity contribution in [1.82, 2.24) is 10.6 Å². The van der Waals surface area contributed by atoms with Gasteiger partial charge in [-0.2, -0.15) is 0 Å². The molecule has 7 nitrogen and oxygen atoms in total. The largest absolute Gasteiger partial charge is 0.480 e. The molecule has 17 heavy (non-hydrogen) atoms. The number of carboxylic acid groups (broad SMARTS) is 1. The summed E-state index contributed by atoms with van der Waals surface area (Å²) in [5.41, 5.74) is 5.52. The second-order valence-corrected chi connectivity index (χ2v) is 3.82. The van der Waals surface area contributed by atoms with Gasteiger partial charge in [-0.3, -0.25) is 14.4 Å². The number of carbonyl (C=O) groups excluding carboxylic acids is 2. The van der Waals surface area contributed by atoms with Gasteiger partial charge in [-0.15, -0.1) is 0 Å². The highest BCUT2D eigenvalue weighted by Crippen LogP contribution is 1.97. The molecule has 0 saturated carbocycles. The van der Waals surface area contributed by atoms with E-state index in [1.54, 1.807) is 0 Å². The molecule has 1 atom stereocenters. The van der Waals surface area contributed by atoms with Crippen molar-refractivity contribution in [1.29, 1.82) is 0 Å². The molecule has 0 radical (unpaired) electrons. The molecule has 0 rings (SSSR count). The summed E-state index contributed by atoms with van der Waals surface area (Å²) in [6, 6.07) is 0.0571. The van der Waals surface area contributed by atoms with Crippen LogP contribution in [0, 0.1) is 0 Å². The van der Waals surface area contributed by atoms with Gasteiger partial charge in [0.05, 0.1) is 6.54 Å². The standard InChI is InChI=1S/C10H19N3O4/c1-7(11)3-2-4-8(14)12-5-9(15)13-6-10(16)17/h7H,2-6,11H2,1H3,(H,12,14)(H,13,15)(H,16,17). The number of carbonyl (C=O) groups is 3. The van der Waals surface area contributed by atoms with Gasteiger partial charge >= 0.3 is 5.97 Å². The van der Waals surface area contributed by atoms with Crippen LogP contribution in [0.5, 0.6) is 0 Å². The summed E-state index contributed by atoms with van der Waals surface area (Å²) in [4.78, 5) is 32.4. The third-order valence-corrected chi connectivity index (χ3v) is 1.95. The molecule has 98 valence electrons. The van der Waals surface area contributed by atoms with E-state index < -0.39 is 18.4 Å². The zero-order chi connectivity index (χ0) is 13.3. The van der Waals surface area contributed by atoms with Gasteiger partial charge in [0.25, 0.3) is 0 Å². The predicted octanol–water partition coefficient (Wildman–Crippen LogP) is -1.18. The summed E-state index contributed by atoms with van der Waals surface area (Å²) < 4.78 is 0. The summed E-state index contributed by atoms with van der Waals surface area (Å²) in [7, 11) is 0. The van der Waals surface area contributed by atoms with Crippen molar-refractivity contribution >= 4 is 17.8 Å². The predicted molar refractivity (Wildman–Crippen MR) is 61.2 cm³/mol. The number of hydrogen-bond donors (Lipinski definition) is 4. The van der Waals surface area contributed by atoms with Gasteiger partial charge in [0.15, 0.2) is 0 Å². The van der Waals surface area contributed by atoms with E-state index in [0.717, 1.165) is 6.42 Å². The van der Waals surface area contributed by atoms with Crippen molar-refractivity contribution < 1.29 is 19.5 Å². The van der Waals surface area contributed by atoms with E-state index in [0.29, 0.717) is 12.8 Å². The first-order chi connectivity index (χ1) is 7.91. The number of nitrogens with one attached hydrogen (secondary N) is 2. The van der Waals surface area contributed by atoms with Gasteiger partial charge in [-0.1, -0.05) is 0 Å². The second-order valence-electron chi connectivity index (χ2n) is 3.82. The molecule has 0 spiro atoms. The quantitative estimate of drug-likeness (QED) is 0.429. The Balaban J connectivity index is 3.55. The number of amides is 2. The number of rotatable bonds is 8. The molecular formula is C10H19N3O4. The lowest BCUT2D eigenvalue weighted by molar-refractivity contribution is -0.137. The Morgan fingerprint density at radius 2 is 1.76 bits per heavy atom. The van der Waals surface area contributed by atoms with E-state index in [2.05, 4.69) is 10.6 Å². The van der Waals surface area contributed by atoms with Crippen LogP contribution in [0.4, 0.5) is 0 Å². The van der Waals surface area contributed by atoms with Gasteiger partial charge < -0.3 is 21.5 Å². The first-order valence-electron chi connectivity index (χ1n) is 5.42. The summed E-state index contributed by atoms with van der Waals surface area (Å²) in [6.45, 7) is 1.21. The molecule has 1 unspecified atom stereocenters. The molecule has 0 heterocycles. The molecule has 5 N–H and O–H groups in total. The van der Waals surface area contributed by atoms with Gasteiger partial charge in [-0.25, -0.2) is 0 Å². The minimum Gasteiger partial charge on any atom is -0.480 e. The van der Waals surface area contributed by atoms with Gasteiger partial charge in [-0.05, 0) is 19.8 Å². The lowest BCUT2D eigenvalue weighted by Crippen LogP contribution is -2.39. The van der Waals surface area contributed by atoms with Gasteiger partial charge in [0.2, 0.25) is 11.8 Å². The fourth-order valence-electron chi connectivity index (χ4n) is 1.09. The Bertz CT molecular complexity index is 279. The van der Waals surface area contributed by atoms with Crippen molar-refractivity contribution in [3.05, 3.63) is 0 Å². The van der Waals surface area contributed by atoms with Gasteiger partial charge in [0, 0.05) is 12.5 Å². The number of nitrogens with two attached hydrogens (primary N) is 1. The van der Waals surface area contributed by atoms with E-state index in [1.807, 2.05) is 6.92 Å². The fourth-order valence-corrected chi connectivity index (χ4v) is 1.09. The average Bonchev–Trinajstić information content (AvgIpc) is 2.23. The summed E-state index contributed by atoms with van der Waals surface area (Å²) in [5.74, 6) is -1.88. The molecular weight excluding hydrogens is 226 g/mol. The van der Waals surface area contributed by atoms with Crippen LogP contribution in [0.1, 0.15) is 26.2 Å². The van der Waals surface area contributed by atoms with Crippen LogP contribution in [-0.2, 0) is 14.4 Å². The lowest BCUT2D eigenvalue weighted by Gasteiger charge is -2.06. The van der Waals surface area contributed by atoms with Crippen LogP contribution in [0.25, 0.3) is 0 Å². The van der Waals surface area contributed by atoms with E-state index in [-0.39, 0.29) is 18.5 Å². The average molecular weight is 245 g/mol. The SMILES string of the molecule is CC(N)CCCC(=O)NCC(=O)NCC(=O)O. The Morgan fingerprint density at radius 3 is 2.29 bits per heavy atom. The minimum atomic E-state index is -1.12. The molecule has 7 heteroatoms. The first-order valence-corrected chi connectivity index (χ1v) is 5.42. The Morgan fingerprint density at radius 1 is 1.18 bits per heavy atom. The smallest absolute Gasteiger partial charge is 0.322 e. The molecule has 0 fully saturated rings. The molecule has 0 aromatic rings. The molecule has 0 aliphatic rings. The summed E-state index contributed by atoms with van der Waals surface area (Å²) in [6.07, 6.45) is 1.73. The van der Waals surface area contributed by atoms with Crippen molar-refractivity contribution in [2.24, 2.45) is 5.73 Å². The molecule has 0 aliphatic heterocycles. The normalized spacial score (nSPS) is 11.6. The van der Waals surface area contributed by atoms with Crippen molar-refractivity contribution in [3.8, 4) is 0 Å². The molecule has 0 aromatic heterocycles. The van der Waals surface area contributed by atoms with E-state index in [9.17, 15) is 14.4 Å². The molecule has 2 amide bonds. The van der Waals surface area contributed by atoms with Crippen molar-refractivity contribution in [2.75, 3.05) is 13.1 Å². The second kappa shape index (κ2) is 8.51. The third kappa shape index (κ3) is 10.6. The summed E-state index contributed by atoms with van der Waals surface area (Å²) >= 11 is 0. The number of carboxylic acids is 1. The number of hydrogen-bond acceptors (Lipinski definition) is 4. The minimum absolute atomic E-state index is 0.0571. The van der Waals surface area contributed by atoms with E-state index >= 15 is 0 Å². The summed E-state index contributed by atoms with van der Waals surface area (Å²) in [5, 5.41) is 12.8. The van der Waals surface area contributed by atoms with Crippen LogP contribution < -0.4 is 16.4 Å². The van der Waals surface area contributed by atoms with Gasteiger partial charge in [0.1, 0.15) is 6.54 Å².